The first-order valence-electron chi connectivity index (χ1n) is 7.82. The summed E-state index contributed by atoms with van der Waals surface area (Å²) in [5.74, 6) is -0.596. The molecule has 0 aromatic heterocycles. The largest absolute Gasteiger partial charge is 0.507 e. The van der Waals surface area contributed by atoms with Gasteiger partial charge in [0.05, 0.1) is 6.21 Å². The predicted molar refractivity (Wildman–Crippen MR) is 97.4 cm³/mol. The molecule has 5 nitrogen and oxygen atoms in total. The smallest absolute Gasteiger partial charge is 0.276 e. The molecule has 25 heavy (non-hydrogen) atoms. The monoisotopic (exact) mass is 334 g/mol. The number of phenols is 1. The van der Waals surface area contributed by atoms with Crippen LogP contribution in [0.15, 0.2) is 71.8 Å². The molecule has 0 radical (unpaired) electrons. The molecule has 0 saturated heterocycles. The van der Waals surface area contributed by atoms with Crippen molar-refractivity contribution in [1.29, 1.82) is 0 Å². The van der Waals surface area contributed by atoms with Gasteiger partial charge in [-0.25, -0.2) is 5.43 Å². The van der Waals surface area contributed by atoms with Gasteiger partial charge in [-0.2, -0.15) is 5.10 Å². The molecule has 3 rings (SSSR count). The Morgan fingerprint density at radius 3 is 2.48 bits per heavy atom. The van der Waals surface area contributed by atoms with E-state index >= 15 is 0 Å². The van der Waals surface area contributed by atoms with Crippen LogP contribution in [0.5, 0.6) is 5.75 Å². The standard InChI is InChI=1S/C20H18N2O3/c1-20(25,15-8-3-2-4-9-15)19(24)22-21-13-17-16-10-6-5-7-14(16)11-12-18(17)23/h2-13,23,25H,1H3,(H,22,24)/b21-13-. The lowest BCUT2D eigenvalue weighted by atomic mass is 9.95. The molecule has 1 atom stereocenters. The topological polar surface area (TPSA) is 81.9 Å². The molecule has 0 fully saturated rings. The first-order chi connectivity index (χ1) is 12.0. The van der Waals surface area contributed by atoms with Crippen molar-refractivity contribution in [3.05, 3.63) is 77.9 Å². The molecule has 1 unspecified atom stereocenters. The molecule has 5 heteroatoms. The summed E-state index contributed by atoms with van der Waals surface area (Å²) in [6.45, 7) is 1.41. The van der Waals surface area contributed by atoms with E-state index in [1.165, 1.54) is 13.1 Å². The second kappa shape index (κ2) is 6.75. The second-order valence-corrected chi connectivity index (χ2v) is 5.86. The van der Waals surface area contributed by atoms with E-state index in [0.29, 0.717) is 11.1 Å². The molecule has 3 N–H and O–H groups in total. The number of fused-ring (bicyclic) bond motifs is 1. The fourth-order valence-electron chi connectivity index (χ4n) is 2.58. The van der Waals surface area contributed by atoms with E-state index in [2.05, 4.69) is 10.5 Å². The molecule has 1 amide bonds. The summed E-state index contributed by atoms with van der Waals surface area (Å²) in [7, 11) is 0. The third kappa shape index (κ3) is 3.36. The number of rotatable bonds is 4. The Labute approximate surface area is 145 Å². The molecule has 0 spiro atoms. The van der Waals surface area contributed by atoms with Crippen LogP contribution < -0.4 is 5.43 Å². The number of hydrogen-bond donors (Lipinski definition) is 3. The van der Waals surface area contributed by atoms with Crippen LogP contribution in [0.2, 0.25) is 0 Å². The van der Waals surface area contributed by atoms with Crippen molar-refractivity contribution in [3.8, 4) is 5.75 Å². The SMILES string of the molecule is CC(O)(C(=O)N/N=C\c1c(O)ccc2ccccc12)c1ccccc1. The highest BCUT2D eigenvalue weighted by Gasteiger charge is 2.32. The minimum Gasteiger partial charge on any atom is -0.507 e. The highest BCUT2D eigenvalue weighted by molar-refractivity contribution is 6.02. The maximum atomic E-state index is 12.3. The molecule has 0 heterocycles. The molecular formula is C20H18N2O3. The number of aromatic hydroxyl groups is 1. The summed E-state index contributed by atoms with van der Waals surface area (Å²) in [6.07, 6.45) is 1.37. The number of amides is 1. The van der Waals surface area contributed by atoms with Crippen LogP contribution in [0, 0.1) is 0 Å². The van der Waals surface area contributed by atoms with Crippen LogP contribution in [0.25, 0.3) is 10.8 Å². The van der Waals surface area contributed by atoms with Gasteiger partial charge < -0.3 is 10.2 Å². The maximum Gasteiger partial charge on any atom is 0.276 e. The van der Waals surface area contributed by atoms with Crippen molar-refractivity contribution >= 4 is 22.9 Å². The second-order valence-electron chi connectivity index (χ2n) is 5.86. The zero-order valence-electron chi connectivity index (χ0n) is 13.7. The first kappa shape index (κ1) is 16.7. The van der Waals surface area contributed by atoms with Crippen LogP contribution >= 0.6 is 0 Å². The van der Waals surface area contributed by atoms with E-state index in [9.17, 15) is 15.0 Å². The summed E-state index contributed by atoms with van der Waals surface area (Å²) in [6, 6.07) is 19.5. The molecule has 0 saturated carbocycles. The quantitative estimate of drug-likeness (QED) is 0.507. The van der Waals surface area contributed by atoms with Crippen molar-refractivity contribution in [2.45, 2.75) is 12.5 Å². The van der Waals surface area contributed by atoms with Gasteiger partial charge in [-0.1, -0.05) is 60.7 Å². The highest BCUT2D eigenvalue weighted by Crippen LogP contribution is 2.25. The average Bonchev–Trinajstić information content (AvgIpc) is 2.64. The Balaban J connectivity index is 1.82. The van der Waals surface area contributed by atoms with Gasteiger partial charge in [0.1, 0.15) is 5.75 Å². The van der Waals surface area contributed by atoms with Crippen molar-refractivity contribution in [2.24, 2.45) is 5.10 Å². The fraction of sp³-hybridized carbons (Fsp3) is 0.100. The van der Waals surface area contributed by atoms with Crippen LogP contribution in [0.3, 0.4) is 0 Å². The third-order valence-electron chi connectivity index (χ3n) is 4.09. The minimum absolute atomic E-state index is 0.0616. The minimum atomic E-state index is -1.71. The molecule has 3 aromatic carbocycles. The average molecular weight is 334 g/mol. The first-order valence-corrected chi connectivity index (χ1v) is 7.82. The number of nitrogens with one attached hydrogen (secondary N) is 1. The summed E-state index contributed by atoms with van der Waals surface area (Å²) < 4.78 is 0. The zero-order valence-corrected chi connectivity index (χ0v) is 13.7. The van der Waals surface area contributed by atoms with E-state index < -0.39 is 11.5 Å². The maximum absolute atomic E-state index is 12.3. The number of carbonyl (C=O) groups is 1. The van der Waals surface area contributed by atoms with Gasteiger partial charge in [0.2, 0.25) is 0 Å². The summed E-state index contributed by atoms with van der Waals surface area (Å²) >= 11 is 0. The summed E-state index contributed by atoms with van der Waals surface area (Å²) in [5.41, 5.74) is 1.59. The molecule has 3 aromatic rings. The van der Waals surface area contributed by atoms with Gasteiger partial charge >= 0.3 is 0 Å². The number of benzene rings is 3. The number of aliphatic hydroxyl groups is 1. The van der Waals surface area contributed by atoms with Gasteiger partial charge in [0.25, 0.3) is 5.91 Å². The summed E-state index contributed by atoms with van der Waals surface area (Å²) in [5, 5.41) is 26.2. The van der Waals surface area contributed by atoms with Gasteiger partial charge in [-0.15, -0.1) is 0 Å². The van der Waals surface area contributed by atoms with Crippen molar-refractivity contribution in [2.75, 3.05) is 0 Å². The number of nitrogens with zero attached hydrogens (tertiary/aromatic N) is 1. The van der Waals surface area contributed by atoms with E-state index in [1.54, 1.807) is 42.5 Å². The lowest BCUT2D eigenvalue weighted by Crippen LogP contribution is -2.40. The molecule has 0 aliphatic heterocycles. The zero-order chi connectivity index (χ0) is 17.9. The van der Waals surface area contributed by atoms with Crippen LogP contribution in [0.1, 0.15) is 18.1 Å². The van der Waals surface area contributed by atoms with E-state index in [0.717, 1.165) is 10.8 Å². The third-order valence-corrected chi connectivity index (χ3v) is 4.09. The Hall–Kier alpha value is -3.18. The lowest BCUT2D eigenvalue weighted by Gasteiger charge is -2.21. The van der Waals surface area contributed by atoms with E-state index in [-0.39, 0.29) is 5.75 Å². The van der Waals surface area contributed by atoms with Crippen molar-refractivity contribution in [3.63, 3.8) is 0 Å². The van der Waals surface area contributed by atoms with Crippen molar-refractivity contribution < 1.29 is 15.0 Å². The van der Waals surface area contributed by atoms with Crippen LogP contribution in [-0.4, -0.2) is 22.3 Å². The normalized spacial score (nSPS) is 13.7. The number of hydrogen-bond acceptors (Lipinski definition) is 4. The fourth-order valence-corrected chi connectivity index (χ4v) is 2.58. The van der Waals surface area contributed by atoms with E-state index in [1.807, 2.05) is 24.3 Å². The van der Waals surface area contributed by atoms with Gasteiger partial charge in [-0.3, -0.25) is 4.79 Å². The molecule has 0 aliphatic carbocycles. The van der Waals surface area contributed by atoms with Gasteiger partial charge in [0, 0.05) is 5.56 Å². The lowest BCUT2D eigenvalue weighted by molar-refractivity contribution is -0.138. The molecule has 0 bridgehead atoms. The highest BCUT2D eigenvalue weighted by atomic mass is 16.3. The van der Waals surface area contributed by atoms with Crippen molar-refractivity contribution in [1.82, 2.24) is 5.43 Å². The number of hydrazone groups is 1. The number of carbonyl (C=O) groups excluding carboxylic acids is 1. The summed E-state index contributed by atoms with van der Waals surface area (Å²) in [4.78, 5) is 12.3. The molecule has 126 valence electrons. The molecule has 0 aliphatic rings. The van der Waals surface area contributed by atoms with E-state index in [4.69, 9.17) is 0 Å². The Morgan fingerprint density at radius 1 is 1.04 bits per heavy atom. The Morgan fingerprint density at radius 2 is 1.72 bits per heavy atom. The predicted octanol–water partition coefficient (Wildman–Crippen LogP) is 2.90. The Kier molecular flexibility index (Phi) is 4.50. The van der Waals surface area contributed by atoms with Crippen LogP contribution in [0.4, 0.5) is 0 Å². The number of phenolic OH excluding ortho intramolecular Hbond substituents is 1. The van der Waals surface area contributed by atoms with Gasteiger partial charge in [-0.05, 0) is 29.3 Å². The molecular weight excluding hydrogens is 316 g/mol. The van der Waals surface area contributed by atoms with Crippen LogP contribution in [-0.2, 0) is 10.4 Å². The Bertz CT molecular complexity index is 934. The van der Waals surface area contributed by atoms with Gasteiger partial charge in [0.15, 0.2) is 5.60 Å².